The third-order valence-electron chi connectivity index (χ3n) is 4.14. The molecule has 6 N–H and O–H groups in total. The van der Waals surface area contributed by atoms with E-state index < -0.39 is 23.9 Å². The molecule has 0 radical (unpaired) electrons. The van der Waals surface area contributed by atoms with E-state index in [4.69, 9.17) is 0 Å². The first-order valence-corrected chi connectivity index (χ1v) is 10.0. The van der Waals surface area contributed by atoms with E-state index in [1.165, 1.54) is 49.1 Å². The van der Waals surface area contributed by atoms with Crippen molar-refractivity contribution in [1.29, 1.82) is 0 Å². The van der Waals surface area contributed by atoms with E-state index in [-0.39, 0.29) is 0 Å². The zero-order valence-electron chi connectivity index (χ0n) is 17.4. The predicted molar refractivity (Wildman–Crippen MR) is 115 cm³/mol. The van der Waals surface area contributed by atoms with Crippen LogP contribution in [0, 0.1) is 0 Å². The van der Waals surface area contributed by atoms with E-state index in [0.29, 0.717) is 24.2 Å². The summed E-state index contributed by atoms with van der Waals surface area (Å²) in [6.45, 7) is 0.901. The van der Waals surface area contributed by atoms with Gasteiger partial charge >= 0.3 is 12.1 Å². The quantitative estimate of drug-likeness (QED) is 0.246. The molecule has 0 aliphatic rings. The van der Waals surface area contributed by atoms with Crippen LogP contribution in [0.4, 0.5) is 9.59 Å². The van der Waals surface area contributed by atoms with Crippen molar-refractivity contribution in [3.8, 4) is 0 Å². The van der Waals surface area contributed by atoms with Crippen molar-refractivity contribution in [1.82, 2.24) is 42.3 Å². The molecule has 0 saturated heterocycles. The van der Waals surface area contributed by atoms with Crippen molar-refractivity contribution in [2.45, 2.75) is 25.7 Å². The molecule has 0 fully saturated rings. The van der Waals surface area contributed by atoms with Gasteiger partial charge in [0.1, 0.15) is 0 Å². The fraction of sp³-hybridized carbons (Fsp3) is 0.300. The lowest BCUT2D eigenvalue weighted by molar-refractivity contribution is 0.0929. The van der Waals surface area contributed by atoms with Crippen LogP contribution in [0.1, 0.15) is 46.4 Å². The summed E-state index contributed by atoms with van der Waals surface area (Å²) in [5.74, 6) is -0.868. The lowest BCUT2D eigenvalue weighted by atomic mass is 10.2. The highest BCUT2D eigenvalue weighted by Crippen LogP contribution is 1.98. The summed E-state index contributed by atoms with van der Waals surface area (Å²) in [6, 6.07) is 5.13. The standard InChI is InChI=1S/C20H26N8O4/c29-17(15-5-11-21-12-6-15)25-27-19(31)23-9-3-1-2-4-10-24-20(32)28-26-18(30)16-7-13-22-14-8-16/h5-8,11-14H,1-4,9-10H2,(H,25,29)(H,26,30)(H2,23,27,31)(H2,24,28,32). The summed E-state index contributed by atoms with van der Waals surface area (Å²) in [5, 5.41) is 5.28. The maximum absolute atomic E-state index is 11.8. The Morgan fingerprint density at radius 2 is 0.938 bits per heavy atom. The van der Waals surface area contributed by atoms with Crippen LogP contribution < -0.4 is 32.3 Å². The average Bonchev–Trinajstić information content (AvgIpc) is 2.83. The molecule has 170 valence electrons. The van der Waals surface area contributed by atoms with Crippen LogP contribution in [0.3, 0.4) is 0 Å². The van der Waals surface area contributed by atoms with Crippen molar-refractivity contribution in [2.24, 2.45) is 0 Å². The molecule has 0 saturated carbocycles. The van der Waals surface area contributed by atoms with Crippen molar-refractivity contribution in [3.05, 3.63) is 60.2 Å². The van der Waals surface area contributed by atoms with E-state index in [1.54, 1.807) is 0 Å². The average molecular weight is 442 g/mol. The van der Waals surface area contributed by atoms with E-state index in [9.17, 15) is 19.2 Å². The van der Waals surface area contributed by atoms with Gasteiger partial charge < -0.3 is 10.6 Å². The van der Waals surface area contributed by atoms with Crippen LogP contribution in [-0.4, -0.2) is 46.9 Å². The van der Waals surface area contributed by atoms with Gasteiger partial charge in [0.2, 0.25) is 0 Å². The van der Waals surface area contributed by atoms with E-state index in [1.807, 2.05) is 0 Å². The number of unbranched alkanes of at least 4 members (excludes halogenated alkanes) is 3. The van der Waals surface area contributed by atoms with Crippen LogP contribution in [-0.2, 0) is 0 Å². The Kier molecular flexibility index (Phi) is 10.5. The number of nitrogens with one attached hydrogen (secondary N) is 6. The number of amides is 6. The summed E-state index contributed by atoms with van der Waals surface area (Å²) in [5.41, 5.74) is 9.93. The third kappa shape index (κ3) is 9.52. The fourth-order valence-corrected chi connectivity index (χ4v) is 2.47. The summed E-state index contributed by atoms with van der Waals surface area (Å²) in [6.07, 6.45) is 9.15. The van der Waals surface area contributed by atoms with Gasteiger partial charge in [0.15, 0.2) is 0 Å². The number of aromatic nitrogens is 2. The molecule has 0 atom stereocenters. The molecule has 32 heavy (non-hydrogen) atoms. The van der Waals surface area contributed by atoms with E-state index >= 15 is 0 Å². The number of urea groups is 2. The molecule has 2 rings (SSSR count). The second kappa shape index (κ2) is 13.9. The zero-order valence-corrected chi connectivity index (χ0v) is 17.4. The molecule has 0 bridgehead atoms. The Morgan fingerprint density at radius 3 is 1.31 bits per heavy atom. The Hall–Kier alpha value is -4.22. The second-order valence-corrected chi connectivity index (χ2v) is 6.56. The minimum Gasteiger partial charge on any atom is -0.337 e. The first-order chi connectivity index (χ1) is 15.6. The van der Waals surface area contributed by atoms with Crippen LogP contribution >= 0.6 is 0 Å². The molecule has 2 aromatic heterocycles. The van der Waals surface area contributed by atoms with Crippen molar-refractivity contribution < 1.29 is 19.2 Å². The minimum absolute atomic E-state index is 0.388. The van der Waals surface area contributed by atoms with Gasteiger partial charge in [-0.3, -0.25) is 30.4 Å². The number of hydrazine groups is 2. The largest absolute Gasteiger partial charge is 0.337 e. The molecule has 0 aromatic carbocycles. The smallest absolute Gasteiger partial charge is 0.333 e. The van der Waals surface area contributed by atoms with Crippen LogP contribution in [0.15, 0.2) is 49.1 Å². The Bertz CT molecular complexity index is 806. The number of nitrogens with zero attached hydrogens (tertiary/aromatic N) is 2. The lowest BCUT2D eigenvalue weighted by Crippen LogP contribution is -2.47. The normalized spacial score (nSPS) is 9.88. The molecule has 12 nitrogen and oxygen atoms in total. The maximum atomic E-state index is 11.8. The van der Waals surface area contributed by atoms with E-state index in [2.05, 4.69) is 42.3 Å². The summed E-state index contributed by atoms with van der Waals surface area (Å²) in [4.78, 5) is 54.5. The third-order valence-corrected chi connectivity index (χ3v) is 4.14. The molecular formula is C20H26N8O4. The number of hydrogen-bond donors (Lipinski definition) is 6. The molecule has 0 aliphatic carbocycles. The van der Waals surface area contributed by atoms with E-state index in [0.717, 1.165) is 25.7 Å². The summed E-state index contributed by atoms with van der Waals surface area (Å²) < 4.78 is 0. The van der Waals surface area contributed by atoms with Crippen molar-refractivity contribution in [3.63, 3.8) is 0 Å². The summed E-state index contributed by atoms with van der Waals surface area (Å²) in [7, 11) is 0. The van der Waals surface area contributed by atoms with Crippen LogP contribution in [0.2, 0.25) is 0 Å². The molecule has 0 aliphatic heterocycles. The van der Waals surface area contributed by atoms with Crippen LogP contribution in [0.5, 0.6) is 0 Å². The van der Waals surface area contributed by atoms with Gasteiger partial charge in [-0.25, -0.2) is 20.4 Å². The Labute approximate surface area is 184 Å². The van der Waals surface area contributed by atoms with Crippen molar-refractivity contribution >= 4 is 23.9 Å². The number of carbonyl (C=O) groups is 4. The molecular weight excluding hydrogens is 416 g/mol. The molecule has 12 heteroatoms. The number of carbonyl (C=O) groups excluding carboxylic acids is 4. The fourth-order valence-electron chi connectivity index (χ4n) is 2.47. The highest BCUT2D eigenvalue weighted by atomic mass is 16.2. The van der Waals surface area contributed by atoms with Gasteiger partial charge in [-0.2, -0.15) is 0 Å². The molecule has 6 amide bonds. The van der Waals surface area contributed by atoms with Crippen LogP contribution in [0.25, 0.3) is 0 Å². The SMILES string of the molecule is O=C(NCCCCCCNC(=O)NNC(=O)c1ccncc1)NNC(=O)c1ccncc1. The van der Waals surface area contributed by atoms with Gasteiger partial charge in [-0.05, 0) is 37.1 Å². The van der Waals surface area contributed by atoms with Crippen molar-refractivity contribution in [2.75, 3.05) is 13.1 Å². The molecule has 2 heterocycles. The number of rotatable bonds is 9. The lowest BCUT2D eigenvalue weighted by Gasteiger charge is -2.10. The second-order valence-electron chi connectivity index (χ2n) is 6.56. The zero-order chi connectivity index (χ0) is 23.0. The highest BCUT2D eigenvalue weighted by Gasteiger charge is 2.07. The summed E-state index contributed by atoms with van der Waals surface area (Å²) >= 11 is 0. The number of hydrogen-bond acceptors (Lipinski definition) is 6. The minimum atomic E-state index is -0.500. The monoisotopic (exact) mass is 442 g/mol. The molecule has 2 aromatic rings. The maximum Gasteiger partial charge on any atom is 0.333 e. The first-order valence-electron chi connectivity index (χ1n) is 10.0. The van der Waals surface area contributed by atoms with Gasteiger partial charge in [-0.15, -0.1) is 0 Å². The molecule has 0 unspecified atom stereocenters. The highest BCUT2D eigenvalue weighted by molar-refractivity contribution is 5.95. The topological polar surface area (TPSA) is 166 Å². The molecule has 0 spiro atoms. The first kappa shape index (κ1) is 24.1. The Morgan fingerprint density at radius 1 is 0.562 bits per heavy atom. The van der Waals surface area contributed by atoms with Gasteiger partial charge in [0.05, 0.1) is 0 Å². The van der Waals surface area contributed by atoms with Gasteiger partial charge in [-0.1, -0.05) is 12.8 Å². The van der Waals surface area contributed by atoms with Gasteiger partial charge in [0.25, 0.3) is 11.8 Å². The number of pyridine rings is 2. The predicted octanol–water partition coefficient (Wildman–Crippen LogP) is 0.625. The van der Waals surface area contributed by atoms with Gasteiger partial charge in [0, 0.05) is 49.0 Å². The Balaban J connectivity index is 1.42.